The van der Waals surface area contributed by atoms with Gasteiger partial charge in [-0.1, -0.05) is 24.3 Å². The van der Waals surface area contributed by atoms with E-state index in [0.29, 0.717) is 12.6 Å². The van der Waals surface area contributed by atoms with Gasteiger partial charge >= 0.3 is 0 Å². The molecule has 1 heterocycles. The van der Waals surface area contributed by atoms with Crippen LogP contribution >= 0.6 is 11.3 Å². The van der Waals surface area contributed by atoms with Crippen LogP contribution in [0.3, 0.4) is 0 Å². The molecule has 146 valence electrons. The lowest BCUT2D eigenvalue weighted by Gasteiger charge is -2.24. The average Bonchev–Trinajstić information content (AvgIpc) is 3.35. The van der Waals surface area contributed by atoms with E-state index in [2.05, 4.69) is 70.3 Å². The topological polar surface area (TPSA) is 48.9 Å². The lowest BCUT2D eigenvalue weighted by Crippen LogP contribution is -2.41. The monoisotopic (exact) mass is 386 g/mol. The second-order valence-corrected chi connectivity index (χ2v) is 8.14. The van der Waals surface area contributed by atoms with Crippen molar-refractivity contribution in [3.63, 3.8) is 0 Å². The van der Waals surface area contributed by atoms with Crippen LogP contribution in [-0.4, -0.2) is 45.2 Å². The Labute approximate surface area is 166 Å². The minimum absolute atomic E-state index is 0.317. The van der Waals surface area contributed by atoms with E-state index in [0.717, 1.165) is 36.3 Å². The quantitative estimate of drug-likeness (QED) is 0.511. The normalized spacial score (nSPS) is 15.6. The largest absolute Gasteiger partial charge is 0.493 e. The van der Waals surface area contributed by atoms with Crippen LogP contribution in [0.4, 0.5) is 0 Å². The number of hydrogen-bond acceptors (Lipinski definition) is 4. The predicted molar refractivity (Wildman–Crippen MR) is 114 cm³/mol. The Bertz CT molecular complexity index is 726. The summed E-state index contributed by atoms with van der Waals surface area (Å²) < 4.78 is 6.00. The maximum absolute atomic E-state index is 6.00. The standard InChI is InChI=1S/C21H30N4OS/c1-22-21(24-14-18(25(2)3)20-9-6-12-27-20)23-13-17-7-4-5-8-19(17)26-15-16-10-11-16/h4-9,12,16,18H,10-11,13-15H2,1-3H3,(H2,22,23,24). The van der Waals surface area contributed by atoms with Gasteiger partial charge < -0.3 is 20.3 Å². The molecule has 1 aliphatic carbocycles. The van der Waals surface area contributed by atoms with Gasteiger partial charge in [0.1, 0.15) is 5.75 Å². The predicted octanol–water partition coefficient (Wildman–Crippen LogP) is 3.50. The number of benzene rings is 1. The molecule has 1 unspecified atom stereocenters. The van der Waals surface area contributed by atoms with Crippen molar-refractivity contribution in [3.05, 3.63) is 52.2 Å². The summed E-state index contributed by atoms with van der Waals surface area (Å²) in [5.41, 5.74) is 1.16. The zero-order chi connectivity index (χ0) is 19.1. The Morgan fingerprint density at radius 1 is 1.22 bits per heavy atom. The van der Waals surface area contributed by atoms with E-state index in [1.807, 2.05) is 6.07 Å². The van der Waals surface area contributed by atoms with Crippen LogP contribution in [0.25, 0.3) is 0 Å². The van der Waals surface area contributed by atoms with Gasteiger partial charge in [0, 0.05) is 30.6 Å². The summed E-state index contributed by atoms with van der Waals surface area (Å²) in [6.45, 7) is 2.31. The van der Waals surface area contributed by atoms with Crippen molar-refractivity contribution in [2.24, 2.45) is 10.9 Å². The van der Waals surface area contributed by atoms with Crippen molar-refractivity contribution >= 4 is 17.3 Å². The van der Waals surface area contributed by atoms with Crippen molar-refractivity contribution in [1.82, 2.24) is 15.5 Å². The summed E-state index contributed by atoms with van der Waals surface area (Å²) in [5.74, 6) is 2.52. The molecule has 6 heteroatoms. The van der Waals surface area contributed by atoms with Crippen LogP contribution in [-0.2, 0) is 6.54 Å². The number of nitrogens with one attached hydrogen (secondary N) is 2. The fraction of sp³-hybridized carbons (Fsp3) is 0.476. The first-order valence-corrected chi connectivity index (χ1v) is 10.4. The van der Waals surface area contributed by atoms with Gasteiger partial charge in [-0.2, -0.15) is 0 Å². The molecule has 1 saturated carbocycles. The highest BCUT2D eigenvalue weighted by Gasteiger charge is 2.22. The summed E-state index contributed by atoms with van der Waals surface area (Å²) in [6.07, 6.45) is 2.60. The number of thiophene rings is 1. The number of hydrogen-bond donors (Lipinski definition) is 2. The Hall–Kier alpha value is -2.05. The molecule has 1 fully saturated rings. The third-order valence-electron chi connectivity index (χ3n) is 4.77. The highest BCUT2D eigenvalue weighted by molar-refractivity contribution is 7.10. The molecule has 2 N–H and O–H groups in total. The molecule has 1 aromatic heterocycles. The van der Waals surface area contributed by atoms with Gasteiger partial charge in [0.15, 0.2) is 5.96 Å². The maximum atomic E-state index is 6.00. The van der Waals surface area contributed by atoms with E-state index >= 15 is 0 Å². The van der Waals surface area contributed by atoms with Crippen LogP contribution in [0.2, 0.25) is 0 Å². The Kier molecular flexibility index (Phi) is 7.12. The highest BCUT2D eigenvalue weighted by Crippen LogP contribution is 2.30. The first-order valence-electron chi connectivity index (χ1n) is 9.52. The molecule has 1 aliphatic rings. The van der Waals surface area contributed by atoms with E-state index in [-0.39, 0.29) is 0 Å². The van der Waals surface area contributed by atoms with Gasteiger partial charge in [-0.05, 0) is 50.4 Å². The van der Waals surface area contributed by atoms with E-state index < -0.39 is 0 Å². The molecule has 1 aromatic carbocycles. The zero-order valence-electron chi connectivity index (χ0n) is 16.4. The Morgan fingerprint density at radius 3 is 2.70 bits per heavy atom. The van der Waals surface area contributed by atoms with Crippen molar-refractivity contribution in [2.75, 3.05) is 34.3 Å². The molecule has 0 spiro atoms. The second kappa shape index (κ2) is 9.76. The van der Waals surface area contributed by atoms with Crippen LogP contribution in [0.1, 0.15) is 29.3 Å². The van der Waals surface area contributed by atoms with Crippen LogP contribution in [0, 0.1) is 5.92 Å². The number of rotatable bonds is 9. The van der Waals surface area contributed by atoms with E-state index in [1.165, 1.54) is 17.7 Å². The van der Waals surface area contributed by atoms with Crippen LogP contribution in [0.5, 0.6) is 5.75 Å². The number of para-hydroxylation sites is 1. The summed E-state index contributed by atoms with van der Waals surface area (Å²) in [7, 11) is 6.02. The fourth-order valence-electron chi connectivity index (χ4n) is 2.89. The molecule has 3 rings (SSSR count). The van der Waals surface area contributed by atoms with Gasteiger partial charge in [0.2, 0.25) is 0 Å². The zero-order valence-corrected chi connectivity index (χ0v) is 17.3. The number of guanidine groups is 1. The molecule has 0 aliphatic heterocycles. The summed E-state index contributed by atoms with van der Waals surface area (Å²) in [6, 6.07) is 12.8. The van der Waals surface area contributed by atoms with Crippen molar-refractivity contribution in [3.8, 4) is 5.75 Å². The second-order valence-electron chi connectivity index (χ2n) is 7.16. The van der Waals surface area contributed by atoms with Crippen LogP contribution in [0.15, 0.2) is 46.8 Å². The van der Waals surface area contributed by atoms with Gasteiger partial charge in [-0.25, -0.2) is 0 Å². The number of nitrogens with zero attached hydrogens (tertiary/aromatic N) is 2. The fourth-order valence-corrected chi connectivity index (χ4v) is 3.82. The molecular formula is C21H30N4OS. The van der Waals surface area contributed by atoms with E-state index in [9.17, 15) is 0 Å². The highest BCUT2D eigenvalue weighted by atomic mass is 32.1. The van der Waals surface area contributed by atoms with Gasteiger partial charge in [0.25, 0.3) is 0 Å². The summed E-state index contributed by atoms with van der Waals surface area (Å²) >= 11 is 1.79. The third kappa shape index (κ3) is 5.97. The molecule has 0 bridgehead atoms. The summed E-state index contributed by atoms with van der Waals surface area (Å²) in [5, 5.41) is 8.99. The minimum Gasteiger partial charge on any atom is -0.493 e. The Morgan fingerprint density at radius 2 is 2.04 bits per heavy atom. The molecule has 0 radical (unpaired) electrons. The number of ether oxygens (including phenoxy) is 1. The molecule has 1 atom stereocenters. The van der Waals surface area contributed by atoms with E-state index in [1.54, 1.807) is 18.4 Å². The minimum atomic E-state index is 0.317. The van der Waals surface area contributed by atoms with Crippen molar-refractivity contribution < 1.29 is 4.74 Å². The molecule has 5 nitrogen and oxygen atoms in total. The summed E-state index contributed by atoms with van der Waals surface area (Å²) in [4.78, 5) is 7.95. The SMILES string of the molecule is CN=C(NCc1ccccc1OCC1CC1)NCC(c1cccs1)N(C)C. The number of aliphatic imine (C=N–C) groups is 1. The molecule has 0 saturated heterocycles. The van der Waals surface area contributed by atoms with Crippen molar-refractivity contribution in [1.29, 1.82) is 0 Å². The number of likely N-dealkylation sites (N-methyl/N-ethyl adjacent to an activating group) is 1. The average molecular weight is 387 g/mol. The smallest absolute Gasteiger partial charge is 0.191 e. The van der Waals surface area contributed by atoms with Crippen LogP contribution < -0.4 is 15.4 Å². The molecular weight excluding hydrogens is 356 g/mol. The maximum Gasteiger partial charge on any atom is 0.191 e. The first kappa shape index (κ1) is 19.7. The molecule has 27 heavy (non-hydrogen) atoms. The van der Waals surface area contributed by atoms with Gasteiger partial charge in [0.05, 0.1) is 12.6 Å². The van der Waals surface area contributed by atoms with Gasteiger partial charge in [-0.3, -0.25) is 4.99 Å². The lowest BCUT2D eigenvalue weighted by atomic mass is 10.2. The Balaban J connectivity index is 1.53. The molecule has 2 aromatic rings. The van der Waals surface area contributed by atoms with Crippen molar-refractivity contribution in [2.45, 2.75) is 25.4 Å². The first-order chi connectivity index (χ1) is 13.2. The van der Waals surface area contributed by atoms with E-state index in [4.69, 9.17) is 4.74 Å². The lowest BCUT2D eigenvalue weighted by molar-refractivity contribution is 0.296. The van der Waals surface area contributed by atoms with Gasteiger partial charge in [-0.15, -0.1) is 11.3 Å². The third-order valence-corrected chi connectivity index (χ3v) is 5.75. The molecule has 0 amide bonds.